The van der Waals surface area contributed by atoms with Gasteiger partial charge in [-0.25, -0.2) is 0 Å². The molecular formula is C13H25N. The molecule has 0 spiro atoms. The third-order valence-electron chi connectivity index (χ3n) is 4.50. The van der Waals surface area contributed by atoms with Crippen molar-refractivity contribution in [1.29, 1.82) is 0 Å². The van der Waals surface area contributed by atoms with Crippen LogP contribution in [0.3, 0.4) is 0 Å². The molecule has 2 atom stereocenters. The molecular weight excluding hydrogens is 170 g/mol. The van der Waals surface area contributed by atoms with Crippen LogP contribution in [0.15, 0.2) is 0 Å². The zero-order valence-corrected chi connectivity index (χ0v) is 10.00. The van der Waals surface area contributed by atoms with Gasteiger partial charge in [0.05, 0.1) is 0 Å². The highest BCUT2D eigenvalue weighted by atomic mass is 15.2. The van der Waals surface area contributed by atoms with E-state index >= 15 is 0 Å². The fourth-order valence-electron chi connectivity index (χ4n) is 3.08. The Kier molecular flexibility index (Phi) is 3.16. The Morgan fingerprint density at radius 2 is 1.86 bits per heavy atom. The Balaban J connectivity index is 1.90. The second-order valence-electron chi connectivity index (χ2n) is 5.75. The Labute approximate surface area is 88.9 Å². The summed E-state index contributed by atoms with van der Waals surface area (Å²) in [4.78, 5) is 2.77. The first-order valence-corrected chi connectivity index (χ1v) is 6.42. The maximum atomic E-state index is 2.77. The van der Waals surface area contributed by atoms with Crippen LogP contribution in [0, 0.1) is 17.8 Å². The average molecular weight is 195 g/mol. The van der Waals surface area contributed by atoms with E-state index in [2.05, 4.69) is 25.7 Å². The van der Waals surface area contributed by atoms with Crippen molar-refractivity contribution in [3.8, 4) is 0 Å². The molecule has 0 aromatic heterocycles. The number of hydrogen-bond acceptors (Lipinski definition) is 1. The summed E-state index contributed by atoms with van der Waals surface area (Å²) >= 11 is 0. The lowest BCUT2D eigenvalue weighted by Crippen LogP contribution is -2.49. The van der Waals surface area contributed by atoms with Gasteiger partial charge in [0.2, 0.25) is 0 Å². The molecule has 1 heterocycles. The molecule has 2 aliphatic rings. The molecule has 0 aromatic carbocycles. The smallest absolute Gasteiger partial charge is 0.00953 e. The van der Waals surface area contributed by atoms with Crippen molar-refractivity contribution in [2.24, 2.45) is 17.8 Å². The van der Waals surface area contributed by atoms with Crippen molar-refractivity contribution >= 4 is 0 Å². The lowest BCUT2D eigenvalue weighted by atomic mass is 9.78. The molecule has 1 heteroatoms. The SMILES string of the molecule is CC(C)[C@@H]1CN(C2CCC2)CC[C@H]1C. The van der Waals surface area contributed by atoms with E-state index in [4.69, 9.17) is 0 Å². The lowest BCUT2D eigenvalue weighted by Gasteiger charge is -2.46. The molecule has 82 valence electrons. The predicted molar refractivity (Wildman–Crippen MR) is 61.3 cm³/mol. The van der Waals surface area contributed by atoms with E-state index in [0.29, 0.717) is 0 Å². The molecule has 0 radical (unpaired) electrons. The molecule has 0 N–H and O–H groups in total. The summed E-state index contributed by atoms with van der Waals surface area (Å²) in [6.45, 7) is 9.98. The van der Waals surface area contributed by atoms with E-state index in [-0.39, 0.29) is 0 Å². The van der Waals surface area contributed by atoms with Crippen LogP contribution in [0.4, 0.5) is 0 Å². The quantitative estimate of drug-likeness (QED) is 0.654. The highest BCUT2D eigenvalue weighted by Crippen LogP contribution is 2.34. The van der Waals surface area contributed by atoms with Gasteiger partial charge in [-0.3, -0.25) is 0 Å². The Morgan fingerprint density at radius 1 is 1.14 bits per heavy atom. The first-order valence-electron chi connectivity index (χ1n) is 6.42. The minimum Gasteiger partial charge on any atom is -0.300 e. The minimum atomic E-state index is 0.868. The second kappa shape index (κ2) is 4.22. The topological polar surface area (TPSA) is 3.24 Å². The van der Waals surface area contributed by atoms with Crippen molar-refractivity contribution in [3.05, 3.63) is 0 Å². The van der Waals surface area contributed by atoms with Crippen LogP contribution in [-0.4, -0.2) is 24.0 Å². The molecule has 1 aliphatic carbocycles. The van der Waals surface area contributed by atoms with Gasteiger partial charge in [0.15, 0.2) is 0 Å². The first-order chi connectivity index (χ1) is 6.68. The Bertz CT molecular complexity index is 184. The van der Waals surface area contributed by atoms with Crippen molar-refractivity contribution in [2.45, 2.75) is 52.5 Å². The van der Waals surface area contributed by atoms with Gasteiger partial charge >= 0.3 is 0 Å². The largest absolute Gasteiger partial charge is 0.300 e. The molecule has 2 fully saturated rings. The molecule has 1 saturated heterocycles. The summed E-state index contributed by atoms with van der Waals surface area (Å²) < 4.78 is 0. The van der Waals surface area contributed by atoms with Crippen LogP contribution in [0.2, 0.25) is 0 Å². The highest BCUT2D eigenvalue weighted by molar-refractivity contribution is 4.87. The van der Waals surface area contributed by atoms with Crippen LogP contribution in [0.25, 0.3) is 0 Å². The monoisotopic (exact) mass is 195 g/mol. The highest BCUT2D eigenvalue weighted by Gasteiger charge is 2.33. The third kappa shape index (κ3) is 1.98. The van der Waals surface area contributed by atoms with Gasteiger partial charge in [0.1, 0.15) is 0 Å². The summed E-state index contributed by atoms with van der Waals surface area (Å²) in [7, 11) is 0. The van der Waals surface area contributed by atoms with Gasteiger partial charge in [-0.1, -0.05) is 27.2 Å². The van der Waals surface area contributed by atoms with Crippen LogP contribution in [0.1, 0.15) is 46.5 Å². The Hall–Kier alpha value is -0.0400. The van der Waals surface area contributed by atoms with E-state index in [1.165, 1.54) is 38.8 Å². The maximum Gasteiger partial charge on any atom is 0.00953 e. The molecule has 1 nitrogen and oxygen atoms in total. The molecule has 0 amide bonds. The molecule has 1 aliphatic heterocycles. The molecule has 0 bridgehead atoms. The van der Waals surface area contributed by atoms with Gasteiger partial charge in [-0.05, 0) is 43.6 Å². The second-order valence-corrected chi connectivity index (χ2v) is 5.75. The fraction of sp³-hybridized carbons (Fsp3) is 1.00. The third-order valence-corrected chi connectivity index (χ3v) is 4.50. The van der Waals surface area contributed by atoms with Crippen LogP contribution in [0.5, 0.6) is 0 Å². The number of rotatable bonds is 2. The zero-order chi connectivity index (χ0) is 10.1. The van der Waals surface area contributed by atoms with Crippen LogP contribution in [-0.2, 0) is 0 Å². The number of piperidine rings is 1. The molecule has 0 unspecified atom stereocenters. The van der Waals surface area contributed by atoms with E-state index in [1.54, 1.807) is 0 Å². The normalized spacial score (nSPS) is 36.0. The number of hydrogen-bond donors (Lipinski definition) is 0. The summed E-state index contributed by atoms with van der Waals surface area (Å²) in [5.74, 6) is 2.77. The van der Waals surface area contributed by atoms with E-state index in [9.17, 15) is 0 Å². The van der Waals surface area contributed by atoms with Crippen molar-refractivity contribution in [2.75, 3.05) is 13.1 Å². The Morgan fingerprint density at radius 3 is 2.36 bits per heavy atom. The summed E-state index contributed by atoms with van der Waals surface area (Å²) in [5, 5.41) is 0. The maximum absolute atomic E-state index is 2.77. The van der Waals surface area contributed by atoms with Gasteiger partial charge < -0.3 is 4.90 Å². The van der Waals surface area contributed by atoms with Gasteiger partial charge in [-0.2, -0.15) is 0 Å². The average Bonchev–Trinajstić information content (AvgIpc) is 2.04. The predicted octanol–water partition coefficient (Wildman–Crippen LogP) is 3.15. The molecule has 1 saturated carbocycles. The van der Waals surface area contributed by atoms with Gasteiger partial charge in [0.25, 0.3) is 0 Å². The standard InChI is InChI=1S/C13H25N/c1-10(2)13-9-14(8-7-11(13)3)12-5-4-6-12/h10-13H,4-9H2,1-3H3/t11-,13+/m1/s1. The summed E-state index contributed by atoms with van der Waals surface area (Å²) in [5.41, 5.74) is 0. The van der Waals surface area contributed by atoms with E-state index < -0.39 is 0 Å². The van der Waals surface area contributed by atoms with E-state index in [0.717, 1.165) is 23.8 Å². The molecule has 14 heavy (non-hydrogen) atoms. The van der Waals surface area contributed by atoms with Crippen molar-refractivity contribution < 1.29 is 0 Å². The number of likely N-dealkylation sites (tertiary alicyclic amines) is 1. The minimum absolute atomic E-state index is 0.868. The first kappa shape index (κ1) is 10.5. The van der Waals surface area contributed by atoms with Gasteiger partial charge in [0, 0.05) is 12.6 Å². The van der Waals surface area contributed by atoms with Crippen molar-refractivity contribution in [3.63, 3.8) is 0 Å². The lowest BCUT2D eigenvalue weighted by molar-refractivity contribution is 0.0355. The van der Waals surface area contributed by atoms with E-state index in [1.807, 2.05) is 0 Å². The zero-order valence-electron chi connectivity index (χ0n) is 10.00. The number of nitrogens with zero attached hydrogens (tertiary/aromatic N) is 1. The summed E-state index contributed by atoms with van der Waals surface area (Å²) in [6, 6.07) is 0.962. The van der Waals surface area contributed by atoms with Crippen molar-refractivity contribution in [1.82, 2.24) is 4.90 Å². The van der Waals surface area contributed by atoms with Gasteiger partial charge in [-0.15, -0.1) is 0 Å². The molecule has 0 aromatic rings. The van der Waals surface area contributed by atoms with Crippen LogP contribution >= 0.6 is 0 Å². The summed E-state index contributed by atoms with van der Waals surface area (Å²) in [6.07, 6.45) is 5.85. The molecule has 2 rings (SSSR count). The van der Waals surface area contributed by atoms with Crippen LogP contribution < -0.4 is 0 Å². The fourth-order valence-corrected chi connectivity index (χ4v) is 3.08.